The normalized spacial score (nSPS) is 24.2. The molecular weight excluding hydrogens is 463 g/mol. The number of halogens is 3. The van der Waals surface area contributed by atoms with Crippen LogP contribution in [0, 0.1) is 17.6 Å². The largest absolute Gasteiger partial charge is 0.396 e. The van der Waals surface area contributed by atoms with E-state index in [1.807, 2.05) is 0 Å². The lowest BCUT2D eigenvalue weighted by molar-refractivity contribution is -0.146. The summed E-state index contributed by atoms with van der Waals surface area (Å²) in [6, 6.07) is 4.94. The highest BCUT2D eigenvalue weighted by Crippen LogP contribution is 2.44. The molecule has 1 aliphatic carbocycles. The number of alkyl halides is 1. The van der Waals surface area contributed by atoms with Crippen molar-refractivity contribution in [1.29, 1.82) is 0 Å². The Hall–Kier alpha value is -3.57. The molecule has 2 aromatic heterocycles. The Morgan fingerprint density at radius 2 is 1.94 bits per heavy atom. The molecule has 1 aliphatic rings. The first-order valence-electron chi connectivity index (χ1n) is 10.9. The number of anilines is 2. The molecule has 184 valence electrons. The molecule has 4 atom stereocenters. The van der Waals surface area contributed by atoms with Crippen LogP contribution in [0.3, 0.4) is 0 Å². The summed E-state index contributed by atoms with van der Waals surface area (Å²) >= 11 is 0. The monoisotopic (exact) mass is 487 g/mol. The van der Waals surface area contributed by atoms with Crippen LogP contribution < -0.4 is 11.1 Å². The van der Waals surface area contributed by atoms with Crippen LogP contribution in [0.1, 0.15) is 41.7 Å². The smallest absolute Gasteiger partial charge is 0.276 e. The van der Waals surface area contributed by atoms with E-state index in [-0.39, 0.29) is 29.5 Å². The number of amides is 1. The third-order valence-corrected chi connectivity index (χ3v) is 6.55. The average molecular weight is 487 g/mol. The Bertz CT molecular complexity index is 1230. The maximum absolute atomic E-state index is 14.2. The molecule has 35 heavy (non-hydrogen) atoms. The molecule has 2 heterocycles. The van der Waals surface area contributed by atoms with E-state index < -0.39 is 47.4 Å². The Morgan fingerprint density at radius 1 is 1.23 bits per heavy atom. The number of nitrogens with zero attached hydrogens (tertiary/aromatic N) is 3. The number of hydrogen-bond acceptors (Lipinski definition) is 7. The number of nitrogens with one attached hydrogen (secondary N) is 1. The number of hydrogen-bond donors (Lipinski definition) is 4. The van der Waals surface area contributed by atoms with E-state index in [1.54, 1.807) is 13.0 Å². The number of rotatable bonds is 5. The summed E-state index contributed by atoms with van der Waals surface area (Å²) in [5.74, 6) is -3.75. The van der Waals surface area contributed by atoms with Gasteiger partial charge in [0, 0.05) is 6.20 Å². The van der Waals surface area contributed by atoms with Crippen molar-refractivity contribution in [2.75, 3.05) is 17.7 Å². The molecule has 0 bridgehead atoms. The second-order valence-corrected chi connectivity index (χ2v) is 8.72. The van der Waals surface area contributed by atoms with E-state index in [0.29, 0.717) is 17.7 Å². The van der Waals surface area contributed by atoms with Gasteiger partial charge in [0.05, 0.1) is 35.4 Å². The second kappa shape index (κ2) is 9.59. The number of nitrogens with two attached hydrogens (primary N) is 1. The molecule has 0 unspecified atom stereocenters. The Morgan fingerprint density at radius 3 is 2.60 bits per heavy atom. The van der Waals surface area contributed by atoms with Crippen LogP contribution in [-0.4, -0.2) is 49.5 Å². The van der Waals surface area contributed by atoms with E-state index in [1.165, 1.54) is 18.5 Å². The third-order valence-electron chi connectivity index (χ3n) is 6.55. The standard InChI is InChI=1S/C24H24F3N5O3/c1-12-7-13(8-19(33)24(12,35)11-25)14-5-6-29-10-18(14)31-23(34)21-17(28)9-30-22(32-21)20-15(26)3-2-4-16(20)27/h2-6,9-10,12-13,19,33,35H,7-8,11,28H2,1H3,(H,31,34)/t12-,13+,19+,24+/m1/s1. The SMILES string of the molecule is C[C@@H]1C[C@H](c2ccncc2NC(=O)c2nc(-c3c(F)cccc3F)ncc2N)C[C@H](O)[C@]1(O)CF. The topological polar surface area (TPSA) is 134 Å². The van der Waals surface area contributed by atoms with Gasteiger partial charge in [0.15, 0.2) is 11.5 Å². The van der Waals surface area contributed by atoms with Gasteiger partial charge in [0.1, 0.15) is 23.9 Å². The summed E-state index contributed by atoms with van der Waals surface area (Å²) in [6.45, 7) is 0.583. The molecule has 8 nitrogen and oxygen atoms in total. The van der Waals surface area contributed by atoms with Gasteiger partial charge in [-0.1, -0.05) is 13.0 Å². The molecule has 0 spiro atoms. The van der Waals surface area contributed by atoms with Gasteiger partial charge in [0.2, 0.25) is 0 Å². The summed E-state index contributed by atoms with van der Waals surface area (Å²) in [7, 11) is 0. The number of pyridine rings is 1. The van der Waals surface area contributed by atoms with Crippen LogP contribution in [0.2, 0.25) is 0 Å². The zero-order valence-electron chi connectivity index (χ0n) is 18.8. The maximum atomic E-state index is 14.2. The predicted molar refractivity (Wildman–Crippen MR) is 122 cm³/mol. The average Bonchev–Trinajstić information content (AvgIpc) is 2.83. The van der Waals surface area contributed by atoms with Crippen molar-refractivity contribution >= 4 is 17.3 Å². The molecule has 4 rings (SSSR count). The summed E-state index contributed by atoms with van der Waals surface area (Å²) in [5.41, 5.74) is 4.06. The lowest BCUT2D eigenvalue weighted by atomic mass is 9.68. The van der Waals surface area contributed by atoms with Gasteiger partial charge in [-0.25, -0.2) is 23.1 Å². The van der Waals surface area contributed by atoms with E-state index >= 15 is 0 Å². The molecule has 1 saturated carbocycles. The fourth-order valence-electron chi connectivity index (χ4n) is 4.46. The first-order valence-corrected chi connectivity index (χ1v) is 10.9. The number of carbonyl (C=O) groups is 1. The quantitative estimate of drug-likeness (QED) is 0.434. The van der Waals surface area contributed by atoms with Crippen molar-refractivity contribution in [2.24, 2.45) is 5.92 Å². The molecule has 3 aromatic rings. The number of nitrogen functional groups attached to an aromatic ring is 1. The molecule has 0 saturated heterocycles. The van der Waals surface area contributed by atoms with Crippen molar-refractivity contribution in [3.8, 4) is 11.4 Å². The zero-order chi connectivity index (χ0) is 25.3. The first kappa shape index (κ1) is 24.6. The fraction of sp³-hybridized carbons (Fsp3) is 0.333. The zero-order valence-corrected chi connectivity index (χ0v) is 18.8. The van der Waals surface area contributed by atoms with E-state index in [4.69, 9.17) is 5.73 Å². The minimum atomic E-state index is -1.83. The van der Waals surface area contributed by atoms with Crippen LogP contribution in [0.25, 0.3) is 11.4 Å². The van der Waals surface area contributed by atoms with Crippen molar-refractivity contribution < 1.29 is 28.2 Å². The number of aromatic nitrogens is 3. The van der Waals surface area contributed by atoms with Gasteiger partial charge in [-0.2, -0.15) is 0 Å². The molecule has 11 heteroatoms. The molecule has 1 amide bonds. The van der Waals surface area contributed by atoms with Crippen LogP contribution in [0.15, 0.2) is 42.9 Å². The van der Waals surface area contributed by atoms with Gasteiger partial charge >= 0.3 is 0 Å². The molecule has 0 aliphatic heterocycles. The molecule has 1 aromatic carbocycles. The van der Waals surface area contributed by atoms with E-state index in [0.717, 1.165) is 18.3 Å². The Kier molecular flexibility index (Phi) is 6.73. The van der Waals surface area contributed by atoms with E-state index in [2.05, 4.69) is 20.3 Å². The second-order valence-electron chi connectivity index (χ2n) is 8.72. The van der Waals surface area contributed by atoms with Gasteiger partial charge in [0.25, 0.3) is 5.91 Å². The number of aliphatic hydroxyl groups excluding tert-OH is 1. The Labute approximate surface area is 199 Å². The first-order chi connectivity index (χ1) is 16.7. The van der Waals surface area contributed by atoms with Crippen molar-refractivity contribution in [2.45, 2.75) is 37.4 Å². The lowest BCUT2D eigenvalue weighted by Crippen LogP contribution is -2.53. The van der Waals surface area contributed by atoms with Crippen LogP contribution in [-0.2, 0) is 0 Å². The predicted octanol–water partition coefficient (Wildman–Crippen LogP) is 3.23. The van der Waals surface area contributed by atoms with Crippen molar-refractivity contribution in [3.63, 3.8) is 0 Å². The minimum absolute atomic E-state index is 0.0734. The fourth-order valence-corrected chi connectivity index (χ4v) is 4.46. The van der Waals surface area contributed by atoms with Crippen LogP contribution in [0.5, 0.6) is 0 Å². The lowest BCUT2D eigenvalue weighted by Gasteiger charge is -2.43. The number of aliphatic hydroxyl groups is 2. The van der Waals surface area contributed by atoms with Crippen molar-refractivity contribution in [3.05, 3.63) is 65.7 Å². The highest BCUT2D eigenvalue weighted by Gasteiger charge is 2.47. The summed E-state index contributed by atoms with van der Waals surface area (Å²) < 4.78 is 41.8. The summed E-state index contributed by atoms with van der Waals surface area (Å²) in [4.78, 5) is 24.9. The molecule has 1 fully saturated rings. The van der Waals surface area contributed by atoms with Gasteiger partial charge in [-0.05, 0) is 48.4 Å². The minimum Gasteiger partial charge on any atom is -0.396 e. The van der Waals surface area contributed by atoms with Gasteiger partial charge in [-0.3, -0.25) is 9.78 Å². The molecule has 0 radical (unpaired) electrons. The third kappa shape index (κ3) is 4.56. The van der Waals surface area contributed by atoms with Crippen LogP contribution >= 0.6 is 0 Å². The molecule has 5 N–H and O–H groups in total. The van der Waals surface area contributed by atoms with Gasteiger partial charge < -0.3 is 21.3 Å². The van der Waals surface area contributed by atoms with Crippen molar-refractivity contribution in [1.82, 2.24) is 15.0 Å². The van der Waals surface area contributed by atoms with Gasteiger partial charge in [-0.15, -0.1) is 0 Å². The number of benzene rings is 1. The Balaban J connectivity index is 1.63. The summed E-state index contributed by atoms with van der Waals surface area (Å²) in [5, 5.41) is 23.5. The maximum Gasteiger partial charge on any atom is 0.276 e. The highest BCUT2D eigenvalue weighted by atomic mass is 19.1. The number of carbonyl (C=O) groups excluding carboxylic acids is 1. The van der Waals surface area contributed by atoms with E-state index in [9.17, 15) is 28.2 Å². The highest BCUT2D eigenvalue weighted by molar-refractivity contribution is 6.06. The summed E-state index contributed by atoms with van der Waals surface area (Å²) in [6.07, 6.45) is 3.13. The molecular formula is C24H24F3N5O3. The van der Waals surface area contributed by atoms with Crippen LogP contribution in [0.4, 0.5) is 24.5 Å².